The Labute approximate surface area is 121 Å². The van der Waals surface area contributed by atoms with E-state index in [0.29, 0.717) is 12.1 Å². The van der Waals surface area contributed by atoms with E-state index in [2.05, 4.69) is 5.32 Å². The van der Waals surface area contributed by atoms with Gasteiger partial charge in [0.15, 0.2) is 0 Å². The van der Waals surface area contributed by atoms with Crippen molar-refractivity contribution < 1.29 is 9.72 Å². The number of amides is 1. The van der Waals surface area contributed by atoms with E-state index in [1.54, 1.807) is 10.3 Å². The summed E-state index contributed by atoms with van der Waals surface area (Å²) in [5.74, 6) is -0.125. The van der Waals surface area contributed by atoms with Crippen molar-refractivity contribution in [3.8, 4) is 0 Å². The van der Waals surface area contributed by atoms with E-state index >= 15 is 0 Å². The summed E-state index contributed by atoms with van der Waals surface area (Å²) in [7, 11) is 0. The molecule has 2 unspecified atom stereocenters. The number of halogens is 1. The number of nitro groups is 1. The fourth-order valence-electron chi connectivity index (χ4n) is 2.04. The number of carbonyl (C=O) groups excluding carboxylic acids is 1. The predicted octanol–water partition coefficient (Wildman–Crippen LogP) is 1.90. The topological polar surface area (TPSA) is 75.5 Å². The smallest absolute Gasteiger partial charge is 0.324 e. The van der Waals surface area contributed by atoms with E-state index in [1.807, 2.05) is 13.8 Å². The molecule has 1 amide bonds. The number of piperazine rings is 1. The summed E-state index contributed by atoms with van der Waals surface area (Å²) in [4.78, 5) is 24.2. The molecule has 6 nitrogen and oxygen atoms in total. The van der Waals surface area contributed by atoms with Crippen LogP contribution in [0.3, 0.4) is 0 Å². The van der Waals surface area contributed by atoms with Crippen LogP contribution in [0, 0.1) is 10.1 Å². The molecule has 1 aromatic heterocycles. The fraction of sp³-hybridized carbons (Fsp3) is 0.545. The van der Waals surface area contributed by atoms with E-state index < -0.39 is 4.92 Å². The Hall–Kier alpha value is -1.18. The van der Waals surface area contributed by atoms with Crippen molar-refractivity contribution in [1.29, 1.82) is 0 Å². The highest BCUT2D eigenvalue weighted by atomic mass is 35.5. The molecule has 0 aliphatic carbocycles. The van der Waals surface area contributed by atoms with Gasteiger partial charge in [0.05, 0.1) is 10.5 Å². The minimum atomic E-state index is -0.467. The van der Waals surface area contributed by atoms with Crippen molar-refractivity contribution in [1.82, 2.24) is 10.2 Å². The van der Waals surface area contributed by atoms with Crippen LogP contribution >= 0.6 is 23.7 Å². The minimum absolute atomic E-state index is 0. The van der Waals surface area contributed by atoms with Gasteiger partial charge < -0.3 is 10.2 Å². The summed E-state index contributed by atoms with van der Waals surface area (Å²) in [6.45, 7) is 5.40. The second-order valence-electron chi connectivity index (χ2n) is 4.41. The fourth-order valence-corrected chi connectivity index (χ4v) is 2.74. The lowest BCUT2D eigenvalue weighted by molar-refractivity contribution is -0.380. The number of nitrogens with one attached hydrogen (secondary N) is 1. The third kappa shape index (κ3) is 3.23. The Morgan fingerprint density at radius 2 is 2.26 bits per heavy atom. The lowest BCUT2D eigenvalue weighted by atomic mass is 10.1. The van der Waals surface area contributed by atoms with Crippen molar-refractivity contribution in [3.63, 3.8) is 0 Å². The predicted molar refractivity (Wildman–Crippen MR) is 76.2 cm³/mol. The third-order valence-corrected chi connectivity index (χ3v) is 4.19. The summed E-state index contributed by atoms with van der Waals surface area (Å²) in [6.07, 6.45) is 0. The molecule has 19 heavy (non-hydrogen) atoms. The molecule has 0 saturated carbocycles. The molecular weight excluding hydrogens is 290 g/mol. The second kappa shape index (κ2) is 6.31. The van der Waals surface area contributed by atoms with Crippen molar-refractivity contribution in [2.75, 3.05) is 13.1 Å². The van der Waals surface area contributed by atoms with E-state index in [0.717, 1.165) is 17.9 Å². The number of thiophene rings is 1. The standard InChI is InChI=1S/C11H15N3O3S.ClH/c1-7-8(2)13(4-3-12-7)11(15)9-5-10(14(16)17)18-6-9;/h5-8,12H,3-4H2,1-2H3;1H. The average molecular weight is 306 g/mol. The normalized spacial score (nSPS) is 22.7. The van der Waals surface area contributed by atoms with Gasteiger partial charge in [-0.2, -0.15) is 0 Å². The van der Waals surface area contributed by atoms with Crippen LogP contribution in [0.25, 0.3) is 0 Å². The van der Waals surface area contributed by atoms with Gasteiger partial charge in [-0.3, -0.25) is 14.9 Å². The summed E-state index contributed by atoms with van der Waals surface area (Å²) >= 11 is 0.990. The van der Waals surface area contributed by atoms with E-state index in [1.165, 1.54) is 6.07 Å². The molecule has 0 bridgehead atoms. The molecular formula is C11H16ClN3O3S. The average Bonchev–Trinajstić information content (AvgIpc) is 2.81. The Kier molecular flexibility index (Phi) is 5.28. The Balaban J connectivity index is 0.00000180. The van der Waals surface area contributed by atoms with Gasteiger partial charge in [0.1, 0.15) is 0 Å². The van der Waals surface area contributed by atoms with Gasteiger partial charge in [-0.1, -0.05) is 11.3 Å². The SMILES string of the molecule is CC1NCCN(C(=O)c2csc([N+](=O)[O-])c2)C1C.Cl. The summed E-state index contributed by atoms with van der Waals surface area (Å²) in [5, 5.41) is 15.5. The zero-order valence-electron chi connectivity index (χ0n) is 10.7. The molecule has 2 rings (SSSR count). The van der Waals surface area contributed by atoms with Crippen LogP contribution in [0.1, 0.15) is 24.2 Å². The monoisotopic (exact) mass is 305 g/mol. The van der Waals surface area contributed by atoms with Crippen LogP contribution in [0.4, 0.5) is 5.00 Å². The van der Waals surface area contributed by atoms with Gasteiger partial charge in [0.2, 0.25) is 0 Å². The summed E-state index contributed by atoms with van der Waals surface area (Å²) in [6, 6.07) is 1.67. The van der Waals surface area contributed by atoms with Crippen LogP contribution < -0.4 is 5.32 Å². The molecule has 1 aliphatic rings. The van der Waals surface area contributed by atoms with Gasteiger partial charge >= 0.3 is 5.00 Å². The molecule has 106 valence electrons. The number of hydrogen-bond acceptors (Lipinski definition) is 5. The molecule has 0 aromatic carbocycles. The molecule has 8 heteroatoms. The third-order valence-electron chi connectivity index (χ3n) is 3.31. The van der Waals surface area contributed by atoms with Crippen LogP contribution in [0.15, 0.2) is 11.4 Å². The van der Waals surface area contributed by atoms with Crippen LogP contribution in [0.2, 0.25) is 0 Å². The van der Waals surface area contributed by atoms with Crippen molar-refractivity contribution in [2.45, 2.75) is 25.9 Å². The van der Waals surface area contributed by atoms with Gasteiger partial charge in [-0.25, -0.2) is 0 Å². The Morgan fingerprint density at radius 3 is 2.84 bits per heavy atom. The molecule has 1 aromatic rings. The first-order chi connectivity index (χ1) is 8.50. The first kappa shape index (κ1) is 15.9. The van der Waals surface area contributed by atoms with Gasteiger partial charge in [-0.05, 0) is 13.8 Å². The lowest BCUT2D eigenvalue weighted by Gasteiger charge is -2.38. The van der Waals surface area contributed by atoms with Crippen molar-refractivity contribution in [2.24, 2.45) is 0 Å². The van der Waals surface area contributed by atoms with E-state index in [4.69, 9.17) is 0 Å². The highest BCUT2D eigenvalue weighted by molar-refractivity contribution is 7.13. The Bertz CT molecular complexity index is 480. The van der Waals surface area contributed by atoms with Crippen LogP contribution in [0.5, 0.6) is 0 Å². The maximum absolute atomic E-state index is 12.3. The Morgan fingerprint density at radius 1 is 1.58 bits per heavy atom. The van der Waals surface area contributed by atoms with Gasteiger partial charge in [-0.15, -0.1) is 12.4 Å². The largest absolute Gasteiger partial charge is 0.333 e. The molecule has 1 N–H and O–H groups in total. The molecule has 2 atom stereocenters. The maximum Gasteiger partial charge on any atom is 0.324 e. The highest BCUT2D eigenvalue weighted by Gasteiger charge is 2.29. The quantitative estimate of drug-likeness (QED) is 0.669. The highest BCUT2D eigenvalue weighted by Crippen LogP contribution is 2.24. The molecule has 1 saturated heterocycles. The lowest BCUT2D eigenvalue weighted by Crippen LogP contribution is -2.57. The molecule has 0 spiro atoms. The number of hydrogen-bond donors (Lipinski definition) is 1. The second-order valence-corrected chi connectivity index (χ2v) is 5.30. The first-order valence-electron chi connectivity index (χ1n) is 5.78. The van der Waals surface area contributed by atoms with Gasteiger partial charge in [0.25, 0.3) is 5.91 Å². The first-order valence-corrected chi connectivity index (χ1v) is 6.66. The molecule has 2 heterocycles. The van der Waals surface area contributed by atoms with E-state index in [-0.39, 0.29) is 35.4 Å². The number of rotatable bonds is 2. The van der Waals surface area contributed by atoms with E-state index in [9.17, 15) is 14.9 Å². The van der Waals surface area contributed by atoms with Gasteiger partial charge in [0, 0.05) is 36.6 Å². The zero-order chi connectivity index (χ0) is 13.3. The van der Waals surface area contributed by atoms with Crippen LogP contribution in [-0.2, 0) is 0 Å². The van der Waals surface area contributed by atoms with Crippen LogP contribution in [-0.4, -0.2) is 40.9 Å². The minimum Gasteiger partial charge on any atom is -0.333 e. The zero-order valence-corrected chi connectivity index (χ0v) is 12.3. The molecule has 1 aliphatic heterocycles. The molecule has 1 fully saturated rings. The summed E-state index contributed by atoms with van der Waals surface area (Å²) < 4.78 is 0. The number of carbonyl (C=O) groups is 1. The van der Waals surface area contributed by atoms with Crippen molar-refractivity contribution >= 4 is 34.7 Å². The maximum atomic E-state index is 12.3. The van der Waals surface area contributed by atoms with Crippen molar-refractivity contribution in [3.05, 3.63) is 27.1 Å². The molecule has 0 radical (unpaired) electrons. The number of nitrogens with zero attached hydrogens (tertiary/aromatic N) is 2. The summed E-state index contributed by atoms with van der Waals surface area (Å²) in [5.41, 5.74) is 0.410.